The molecule has 0 aromatic heterocycles. The molecule has 0 fully saturated rings. The second kappa shape index (κ2) is 10.7. The molecule has 0 aliphatic carbocycles. The highest BCUT2D eigenvalue weighted by molar-refractivity contribution is 8.00. The summed E-state index contributed by atoms with van der Waals surface area (Å²) in [5.41, 5.74) is 2.67. The number of hydrogen-bond acceptors (Lipinski definition) is 3. The van der Waals surface area contributed by atoms with Crippen molar-refractivity contribution in [3.63, 3.8) is 0 Å². The van der Waals surface area contributed by atoms with Gasteiger partial charge in [-0.15, -0.1) is 11.8 Å². The summed E-state index contributed by atoms with van der Waals surface area (Å²) in [6.45, 7) is 3.84. The van der Waals surface area contributed by atoms with Crippen molar-refractivity contribution in [2.24, 2.45) is 0 Å². The van der Waals surface area contributed by atoms with E-state index in [4.69, 9.17) is 23.2 Å². The molecule has 0 saturated carbocycles. The number of carbonyl (C=O) groups excluding carboxylic acids is 2. The normalized spacial score (nSPS) is 11.6. The zero-order chi connectivity index (χ0) is 22.4. The molecule has 0 spiro atoms. The largest absolute Gasteiger partial charge is 0.325 e. The average molecular weight is 473 g/mol. The predicted molar refractivity (Wildman–Crippen MR) is 131 cm³/mol. The predicted octanol–water partition coefficient (Wildman–Crippen LogP) is 7.06. The Hall–Kier alpha value is -2.47. The van der Waals surface area contributed by atoms with Gasteiger partial charge in [0.15, 0.2) is 0 Å². The molecule has 3 rings (SSSR count). The molecule has 1 unspecified atom stereocenters. The number of nitrogens with one attached hydrogen (secondary N) is 2. The molecule has 0 saturated heterocycles. The Balaban J connectivity index is 1.69. The zero-order valence-corrected chi connectivity index (χ0v) is 19.4. The first-order valence-corrected chi connectivity index (χ1v) is 11.4. The highest BCUT2D eigenvalue weighted by atomic mass is 35.5. The summed E-state index contributed by atoms with van der Waals surface area (Å²) >= 11 is 13.6. The number of benzene rings is 3. The van der Waals surface area contributed by atoms with Crippen molar-refractivity contribution in [1.82, 2.24) is 0 Å². The van der Waals surface area contributed by atoms with Crippen molar-refractivity contribution in [2.45, 2.75) is 30.4 Å². The van der Waals surface area contributed by atoms with E-state index >= 15 is 0 Å². The maximum absolute atomic E-state index is 12.8. The van der Waals surface area contributed by atoms with Crippen LogP contribution in [0.25, 0.3) is 0 Å². The Morgan fingerprint density at radius 1 is 0.968 bits per heavy atom. The number of hydrogen-bond donors (Lipinski definition) is 2. The highest BCUT2D eigenvalue weighted by Gasteiger charge is 2.19. The molecule has 0 aliphatic heterocycles. The summed E-state index contributed by atoms with van der Waals surface area (Å²) in [6.07, 6.45) is 0.648. The van der Waals surface area contributed by atoms with E-state index in [9.17, 15) is 9.59 Å². The second-order valence-electron chi connectivity index (χ2n) is 6.91. The lowest BCUT2D eigenvalue weighted by Gasteiger charge is -2.17. The molecule has 7 heteroatoms. The van der Waals surface area contributed by atoms with E-state index in [1.54, 1.807) is 30.3 Å². The van der Waals surface area contributed by atoms with Gasteiger partial charge in [-0.05, 0) is 67.4 Å². The Morgan fingerprint density at radius 3 is 2.45 bits per heavy atom. The van der Waals surface area contributed by atoms with Crippen LogP contribution in [0, 0.1) is 6.92 Å². The van der Waals surface area contributed by atoms with Crippen LogP contribution in [-0.4, -0.2) is 17.1 Å². The first-order valence-electron chi connectivity index (χ1n) is 9.77. The van der Waals surface area contributed by atoms with Gasteiger partial charge >= 0.3 is 0 Å². The van der Waals surface area contributed by atoms with E-state index in [0.29, 0.717) is 33.4 Å². The van der Waals surface area contributed by atoms with Gasteiger partial charge in [-0.2, -0.15) is 0 Å². The lowest BCUT2D eigenvalue weighted by atomic mass is 10.2. The van der Waals surface area contributed by atoms with Gasteiger partial charge in [0.25, 0.3) is 5.91 Å². The van der Waals surface area contributed by atoms with Crippen LogP contribution >= 0.6 is 35.0 Å². The van der Waals surface area contributed by atoms with Crippen LogP contribution in [0.15, 0.2) is 71.6 Å². The van der Waals surface area contributed by atoms with Crippen molar-refractivity contribution in [3.8, 4) is 0 Å². The summed E-state index contributed by atoms with van der Waals surface area (Å²) in [5.74, 6) is -0.336. The first kappa shape index (κ1) is 23.2. The monoisotopic (exact) mass is 472 g/mol. The minimum Gasteiger partial charge on any atom is -0.325 e. The molecule has 2 amide bonds. The van der Waals surface area contributed by atoms with E-state index in [2.05, 4.69) is 10.6 Å². The third-order valence-electron chi connectivity index (χ3n) is 4.65. The molecular weight excluding hydrogens is 451 g/mol. The van der Waals surface area contributed by atoms with Crippen molar-refractivity contribution < 1.29 is 9.59 Å². The number of rotatable bonds is 7. The Morgan fingerprint density at radius 2 is 1.71 bits per heavy atom. The molecule has 0 radical (unpaired) electrons. The van der Waals surface area contributed by atoms with Gasteiger partial charge in [-0.1, -0.05) is 48.3 Å². The average Bonchev–Trinajstić information content (AvgIpc) is 2.75. The van der Waals surface area contributed by atoms with Gasteiger partial charge in [-0.25, -0.2) is 0 Å². The van der Waals surface area contributed by atoms with E-state index in [0.717, 1.165) is 10.5 Å². The van der Waals surface area contributed by atoms with Gasteiger partial charge in [0, 0.05) is 31.9 Å². The summed E-state index contributed by atoms with van der Waals surface area (Å²) < 4.78 is 0. The van der Waals surface area contributed by atoms with E-state index in [1.165, 1.54) is 11.8 Å². The number of thioether (sulfide) groups is 1. The van der Waals surface area contributed by atoms with Gasteiger partial charge in [0.2, 0.25) is 5.91 Å². The van der Waals surface area contributed by atoms with Crippen molar-refractivity contribution >= 4 is 58.2 Å². The van der Waals surface area contributed by atoms with Crippen molar-refractivity contribution in [2.75, 3.05) is 10.6 Å². The fourth-order valence-corrected chi connectivity index (χ4v) is 4.30. The van der Waals surface area contributed by atoms with Crippen LogP contribution in [0.2, 0.25) is 10.0 Å². The first-order chi connectivity index (χ1) is 14.9. The van der Waals surface area contributed by atoms with Crippen LogP contribution in [0.5, 0.6) is 0 Å². The number of amides is 2. The lowest BCUT2D eigenvalue weighted by molar-refractivity contribution is -0.115. The zero-order valence-electron chi connectivity index (χ0n) is 17.1. The Bertz CT molecular complexity index is 1100. The Kier molecular flexibility index (Phi) is 8.02. The maximum atomic E-state index is 12.8. The van der Waals surface area contributed by atoms with Gasteiger partial charge in [-0.3, -0.25) is 9.59 Å². The molecule has 0 bridgehead atoms. The number of halogens is 2. The summed E-state index contributed by atoms with van der Waals surface area (Å²) in [6, 6.07) is 19.6. The molecule has 31 heavy (non-hydrogen) atoms. The third-order valence-corrected chi connectivity index (χ3v) is 6.65. The quantitative estimate of drug-likeness (QED) is 0.361. The molecular formula is C24H22Cl2N2O2S. The molecule has 3 aromatic carbocycles. The minimum absolute atomic E-state index is 0.0915. The number of anilines is 2. The summed E-state index contributed by atoms with van der Waals surface area (Å²) in [5, 5.41) is 6.67. The molecule has 3 aromatic rings. The smallest absolute Gasteiger partial charge is 0.255 e. The van der Waals surface area contributed by atoms with Crippen LogP contribution in [-0.2, 0) is 4.79 Å². The van der Waals surface area contributed by atoms with Gasteiger partial charge in [0.1, 0.15) is 0 Å². The van der Waals surface area contributed by atoms with E-state index in [-0.39, 0.29) is 17.1 Å². The number of carbonyl (C=O) groups is 2. The molecule has 160 valence electrons. The molecule has 2 N–H and O–H groups in total. The molecule has 0 heterocycles. The van der Waals surface area contributed by atoms with Gasteiger partial charge < -0.3 is 10.6 Å². The fraction of sp³-hybridized carbons (Fsp3) is 0.167. The van der Waals surface area contributed by atoms with Crippen molar-refractivity contribution in [1.29, 1.82) is 0 Å². The van der Waals surface area contributed by atoms with Crippen LogP contribution < -0.4 is 10.6 Å². The van der Waals surface area contributed by atoms with Crippen LogP contribution in [0.4, 0.5) is 11.4 Å². The molecule has 1 atom stereocenters. The fourth-order valence-electron chi connectivity index (χ4n) is 2.92. The summed E-state index contributed by atoms with van der Waals surface area (Å²) in [4.78, 5) is 26.2. The molecule has 0 aliphatic rings. The second-order valence-corrected chi connectivity index (χ2v) is 9.03. The topological polar surface area (TPSA) is 58.2 Å². The minimum atomic E-state index is -0.294. The Labute approximate surface area is 196 Å². The van der Waals surface area contributed by atoms with E-state index in [1.807, 2.05) is 50.2 Å². The van der Waals surface area contributed by atoms with Gasteiger partial charge in [0.05, 0.1) is 5.25 Å². The standard InChI is InChI=1S/C24H22Cl2N2O2S/c1-3-22(24(30)28-21-12-6-11-20(26)15(21)2)31-19-10-5-9-18(14-19)27-23(29)16-7-4-8-17(25)13-16/h4-14,22H,3H2,1-2H3,(H,27,29)(H,28,30). The SMILES string of the molecule is CCC(Sc1cccc(NC(=O)c2cccc(Cl)c2)c1)C(=O)Nc1cccc(Cl)c1C. The van der Waals surface area contributed by atoms with Crippen LogP contribution in [0.3, 0.4) is 0 Å². The maximum Gasteiger partial charge on any atom is 0.255 e. The summed E-state index contributed by atoms with van der Waals surface area (Å²) in [7, 11) is 0. The highest BCUT2D eigenvalue weighted by Crippen LogP contribution is 2.30. The van der Waals surface area contributed by atoms with E-state index < -0.39 is 0 Å². The molecule has 4 nitrogen and oxygen atoms in total. The lowest BCUT2D eigenvalue weighted by Crippen LogP contribution is -2.25. The van der Waals surface area contributed by atoms with Crippen molar-refractivity contribution in [3.05, 3.63) is 87.9 Å². The van der Waals surface area contributed by atoms with Crippen LogP contribution in [0.1, 0.15) is 29.3 Å². The third kappa shape index (κ3) is 6.26.